The molecular formula is C19H28N2O3. The molecule has 1 aliphatic heterocycles. The van der Waals surface area contributed by atoms with E-state index in [2.05, 4.69) is 17.1 Å². The molecule has 0 aliphatic carbocycles. The molecular weight excluding hydrogens is 304 g/mol. The van der Waals surface area contributed by atoms with Gasteiger partial charge in [0, 0.05) is 12.5 Å². The minimum Gasteiger partial charge on any atom is -0.481 e. The molecule has 1 atom stereocenters. The van der Waals surface area contributed by atoms with Crippen molar-refractivity contribution in [1.82, 2.24) is 10.2 Å². The number of hydrogen-bond donors (Lipinski definition) is 2. The highest BCUT2D eigenvalue weighted by Crippen LogP contribution is 2.15. The van der Waals surface area contributed by atoms with Crippen LogP contribution in [0.15, 0.2) is 30.3 Å². The fraction of sp³-hybridized carbons (Fsp3) is 0.579. The highest BCUT2D eigenvalue weighted by atomic mass is 16.4. The third-order valence-electron chi connectivity index (χ3n) is 4.64. The van der Waals surface area contributed by atoms with Crippen LogP contribution in [0, 0.1) is 5.92 Å². The molecule has 1 heterocycles. The van der Waals surface area contributed by atoms with Gasteiger partial charge in [0.25, 0.3) is 0 Å². The van der Waals surface area contributed by atoms with E-state index < -0.39 is 5.97 Å². The molecule has 132 valence electrons. The number of amides is 1. The van der Waals surface area contributed by atoms with Crippen LogP contribution in [-0.2, 0) is 16.0 Å². The van der Waals surface area contributed by atoms with Crippen LogP contribution in [0.1, 0.15) is 38.2 Å². The molecule has 1 saturated heterocycles. The second-order valence-corrected chi connectivity index (χ2v) is 6.85. The van der Waals surface area contributed by atoms with E-state index in [1.807, 2.05) is 30.3 Å². The molecule has 1 fully saturated rings. The summed E-state index contributed by atoms with van der Waals surface area (Å²) in [6.07, 6.45) is 3.46. The van der Waals surface area contributed by atoms with Crippen molar-refractivity contribution in [2.45, 2.75) is 45.1 Å². The Balaban J connectivity index is 1.86. The number of aliphatic carboxylic acids is 1. The summed E-state index contributed by atoms with van der Waals surface area (Å²) in [7, 11) is 0. The SMILES string of the molecule is CC1CCN(CC(=O)NC(CCC(=O)O)Cc2ccccc2)CC1. The summed E-state index contributed by atoms with van der Waals surface area (Å²) in [6, 6.07) is 9.74. The normalized spacial score (nSPS) is 17.4. The van der Waals surface area contributed by atoms with Gasteiger partial charge in [0.05, 0.1) is 6.54 Å². The van der Waals surface area contributed by atoms with Crippen LogP contribution < -0.4 is 5.32 Å². The van der Waals surface area contributed by atoms with E-state index in [-0.39, 0.29) is 18.4 Å². The molecule has 1 aromatic carbocycles. The van der Waals surface area contributed by atoms with Crippen LogP contribution in [0.2, 0.25) is 0 Å². The predicted molar refractivity (Wildman–Crippen MR) is 93.8 cm³/mol. The van der Waals surface area contributed by atoms with Crippen LogP contribution in [0.3, 0.4) is 0 Å². The zero-order chi connectivity index (χ0) is 17.4. The number of nitrogens with one attached hydrogen (secondary N) is 1. The number of nitrogens with zero attached hydrogens (tertiary/aromatic N) is 1. The fourth-order valence-corrected chi connectivity index (χ4v) is 3.12. The number of piperidine rings is 1. The van der Waals surface area contributed by atoms with E-state index in [1.54, 1.807) is 0 Å². The third-order valence-corrected chi connectivity index (χ3v) is 4.64. The number of likely N-dealkylation sites (tertiary alicyclic amines) is 1. The molecule has 2 rings (SSSR count). The molecule has 5 nitrogen and oxygen atoms in total. The minimum atomic E-state index is -0.827. The molecule has 1 amide bonds. The average Bonchev–Trinajstić information content (AvgIpc) is 2.55. The molecule has 1 unspecified atom stereocenters. The molecule has 5 heteroatoms. The Morgan fingerprint density at radius 3 is 2.54 bits per heavy atom. The van der Waals surface area contributed by atoms with Crippen LogP contribution in [0.25, 0.3) is 0 Å². The zero-order valence-electron chi connectivity index (χ0n) is 14.4. The molecule has 0 radical (unpaired) electrons. The quantitative estimate of drug-likeness (QED) is 0.766. The second-order valence-electron chi connectivity index (χ2n) is 6.85. The average molecular weight is 332 g/mol. The lowest BCUT2D eigenvalue weighted by atomic mass is 9.99. The molecule has 1 aromatic rings. The van der Waals surface area contributed by atoms with Gasteiger partial charge in [0.2, 0.25) is 5.91 Å². The van der Waals surface area contributed by atoms with Crippen LogP contribution in [0.5, 0.6) is 0 Å². The summed E-state index contributed by atoms with van der Waals surface area (Å²) in [5.74, 6) is -0.0890. The van der Waals surface area contributed by atoms with Crippen molar-refractivity contribution in [3.05, 3.63) is 35.9 Å². The van der Waals surface area contributed by atoms with Crippen molar-refractivity contribution >= 4 is 11.9 Å². The van der Waals surface area contributed by atoms with Crippen molar-refractivity contribution in [1.29, 1.82) is 0 Å². The van der Waals surface area contributed by atoms with Gasteiger partial charge in [0.1, 0.15) is 0 Å². The Morgan fingerprint density at radius 2 is 1.92 bits per heavy atom. The van der Waals surface area contributed by atoms with Gasteiger partial charge in [-0.05, 0) is 50.3 Å². The van der Waals surface area contributed by atoms with Crippen molar-refractivity contribution < 1.29 is 14.7 Å². The molecule has 2 N–H and O–H groups in total. The van der Waals surface area contributed by atoms with Crippen molar-refractivity contribution in [2.75, 3.05) is 19.6 Å². The first kappa shape index (κ1) is 18.5. The Labute approximate surface area is 144 Å². The lowest BCUT2D eigenvalue weighted by Crippen LogP contribution is -2.45. The summed E-state index contributed by atoms with van der Waals surface area (Å²) in [5.41, 5.74) is 1.11. The maximum Gasteiger partial charge on any atom is 0.303 e. The van der Waals surface area contributed by atoms with Gasteiger partial charge in [-0.1, -0.05) is 37.3 Å². The first-order chi connectivity index (χ1) is 11.5. The number of carbonyl (C=O) groups excluding carboxylic acids is 1. The van der Waals surface area contributed by atoms with Crippen LogP contribution >= 0.6 is 0 Å². The Kier molecular flexibility index (Phi) is 7.25. The van der Waals surface area contributed by atoms with E-state index in [1.165, 1.54) is 0 Å². The highest BCUT2D eigenvalue weighted by molar-refractivity contribution is 5.78. The Bertz CT molecular complexity index is 525. The molecule has 0 saturated carbocycles. The maximum atomic E-state index is 12.3. The predicted octanol–water partition coefficient (Wildman–Crippen LogP) is 2.31. The number of benzene rings is 1. The lowest BCUT2D eigenvalue weighted by Gasteiger charge is -2.30. The smallest absolute Gasteiger partial charge is 0.303 e. The number of rotatable bonds is 8. The number of carboxylic acids is 1. The standard InChI is InChI=1S/C19H28N2O3/c1-15-9-11-21(12-10-15)14-18(22)20-17(7-8-19(23)24)13-16-5-3-2-4-6-16/h2-6,15,17H,7-14H2,1H3,(H,20,22)(H,23,24). The van der Waals surface area contributed by atoms with Gasteiger partial charge in [0.15, 0.2) is 0 Å². The van der Waals surface area contributed by atoms with Gasteiger partial charge in [-0.2, -0.15) is 0 Å². The van der Waals surface area contributed by atoms with Crippen molar-refractivity contribution in [2.24, 2.45) is 5.92 Å². The fourth-order valence-electron chi connectivity index (χ4n) is 3.12. The number of carbonyl (C=O) groups is 2. The minimum absolute atomic E-state index is 0.00382. The summed E-state index contributed by atoms with van der Waals surface area (Å²) < 4.78 is 0. The van der Waals surface area contributed by atoms with E-state index in [0.29, 0.717) is 19.4 Å². The van der Waals surface area contributed by atoms with E-state index >= 15 is 0 Å². The van der Waals surface area contributed by atoms with Gasteiger partial charge in [-0.25, -0.2) is 0 Å². The lowest BCUT2D eigenvalue weighted by molar-refractivity contribution is -0.137. The molecule has 0 aromatic heterocycles. The van der Waals surface area contributed by atoms with Crippen molar-refractivity contribution in [3.8, 4) is 0 Å². The Morgan fingerprint density at radius 1 is 1.25 bits per heavy atom. The summed E-state index contributed by atoms with van der Waals surface area (Å²) >= 11 is 0. The third kappa shape index (κ3) is 6.71. The van der Waals surface area contributed by atoms with Crippen LogP contribution in [0.4, 0.5) is 0 Å². The maximum absolute atomic E-state index is 12.3. The monoisotopic (exact) mass is 332 g/mol. The second kappa shape index (κ2) is 9.42. The molecule has 0 spiro atoms. The Hall–Kier alpha value is -1.88. The molecule has 0 bridgehead atoms. The highest BCUT2D eigenvalue weighted by Gasteiger charge is 2.20. The molecule has 1 aliphatic rings. The van der Waals surface area contributed by atoms with E-state index in [9.17, 15) is 9.59 Å². The summed E-state index contributed by atoms with van der Waals surface area (Å²) in [5, 5.41) is 12.0. The summed E-state index contributed by atoms with van der Waals surface area (Å²) in [4.78, 5) is 25.4. The van der Waals surface area contributed by atoms with Gasteiger partial charge < -0.3 is 10.4 Å². The topological polar surface area (TPSA) is 69.6 Å². The van der Waals surface area contributed by atoms with E-state index in [4.69, 9.17) is 5.11 Å². The number of hydrogen-bond acceptors (Lipinski definition) is 3. The summed E-state index contributed by atoms with van der Waals surface area (Å²) in [6.45, 7) is 4.59. The largest absolute Gasteiger partial charge is 0.481 e. The van der Waals surface area contributed by atoms with Gasteiger partial charge in [-0.3, -0.25) is 14.5 Å². The zero-order valence-corrected chi connectivity index (χ0v) is 14.4. The van der Waals surface area contributed by atoms with Gasteiger partial charge >= 0.3 is 5.97 Å². The first-order valence-corrected chi connectivity index (χ1v) is 8.80. The number of carboxylic acid groups (broad SMARTS) is 1. The van der Waals surface area contributed by atoms with E-state index in [0.717, 1.165) is 37.4 Å². The van der Waals surface area contributed by atoms with Crippen LogP contribution in [-0.4, -0.2) is 47.6 Å². The first-order valence-electron chi connectivity index (χ1n) is 8.80. The molecule has 24 heavy (non-hydrogen) atoms. The van der Waals surface area contributed by atoms with Crippen molar-refractivity contribution in [3.63, 3.8) is 0 Å². The van der Waals surface area contributed by atoms with Gasteiger partial charge in [-0.15, -0.1) is 0 Å².